The topological polar surface area (TPSA) is 62.4 Å². The number of H-pyrrole nitrogens is 1. The molecule has 2 atom stereocenters. The summed E-state index contributed by atoms with van der Waals surface area (Å²) in [5, 5.41) is 0. The van der Waals surface area contributed by atoms with Crippen LogP contribution in [-0.2, 0) is 4.74 Å². The van der Waals surface area contributed by atoms with E-state index in [1.165, 1.54) is 7.11 Å². The zero-order chi connectivity index (χ0) is 15.7. The van der Waals surface area contributed by atoms with Crippen LogP contribution in [0.4, 0.5) is 0 Å². The molecule has 0 spiro atoms. The lowest BCUT2D eigenvalue weighted by Gasteiger charge is -2.34. The Kier molecular flexibility index (Phi) is 4.40. The first-order valence-electron chi connectivity index (χ1n) is 7.41. The van der Waals surface area contributed by atoms with Crippen molar-refractivity contribution in [2.75, 3.05) is 20.2 Å². The third-order valence-electron chi connectivity index (χ3n) is 4.20. The summed E-state index contributed by atoms with van der Waals surface area (Å²) in [7, 11) is 1.35. The monoisotopic (exact) mass is 292 g/mol. The van der Waals surface area contributed by atoms with Gasteiger partial charge in [-0.25, -0.2) is 4.79 Å². The molecular weight excluding hydrogens is 268 g/mol. The molecule has 1 aromatic heterocycles. The number of nitrogens with one attached hydrogen (secondary N) is 1. The van der Waals surface area contributed by atoms with Crippen LogP contribution < -0.4 is 0 Å². The lowest BCUT2D eigenvalue weighted by molar-refractivity contribution is 0.0599. The van der Waals surface area contributed by atoms with Gasteiger partial charge in [-0.3, -0.25) is 4.79 Å². The van der Waals surface area contributed by atoms with Gasteiger partial charge in [-0.2, -0.15) is 0 Å². The fourth-order valence-electron chi connectivity index (χ4n) is 3.36. The van der Waals surface area contributed by atoms with Gasteiger partial charge in [0.1, 0.15) is 5.69 Å². The Morgan fingerprint density at radius 2 is 1.76 bits per heavy atom. The van der Waals surface area contributed by atoms with Crippen LogP contribution in [0.15, 0.2) is 0 Å². The highest BCUT2D eigenvalue weighted by Crippen LogP contribution is 2.25. The molecule has 21 heavy (non-hydrogen) atoms. The molecule has 0 bridgehead atoms. The second kappa shape index (κ2) is 5.92. The summed E-state index contributed by atoms with van der Waals surface area (Å²) >= 11 is 0. The van der Waals surface area contributed by atoms with E-state index in [9.17, 15) is 9.59 Å². The van der Waals surface area contributed by atoms with Crippen molar-refractivity contribution >= 4 is 11.9 Å². The molecule has 2 heterocycles. The second-order valence-corrected chi connectivity index (χ2v) is 6.27. The number of rotatable bonds is 2. The smallest absolute Gasteiger partial charge is 0.339 e. The van der Waals surface area contributed by atoms with E-state index in [0.29, 0.717) is 34.4 Å². The van der Waals surface area contributed by atoms with Crippen molar-refractivity contribution in [2.24, 2.45) is 11.8 Å². The molecule has 1 fully saturated rings. The standard InChI is InChI=1S/C16H24N2O3/c1-9-6-10(2)8-18(7-9)15(19)14-11(3)13(12(4)17-14)16(20)21-5/h9-10,17H,6-8H2,1-5H3/t9-,10-/m1/s1. The molecule has 0 aliphatic carbocycles. The maximum absolute atomic E-state index is 12.7. The highest BCUT2D eigenvalue weighted by atomic mass is 16.5. The summed E-state index contributed by atoms with van der Waals surface area (Å²) in [5.74, 6) is 0.591. The van der Waals surface area contributed by atoms with Gasteiger partial charge in [0.25, 0.3) is 5.91 Å². The summed E-state index contributed by atoms with van der Waals surface area (Å²) in [5.41, 5.74) is 2.34. The van der Waals surface area contributed by atoms with Gasteiger partial charge in [0.05, 0.1) is 12.7 Å². The lowest BCUT2D eigenvalue weighted by atomic mass is 9.91. The Morgan fingerprint density at radius 1 is 1.19 bits per heavy atom. The molecule has 116 valence electrons. The van der Waals surface area contributed by atoms with Crippen LogP contribution in [0.3, 0.4) is 0 Å². The van der Waals surface area contributed by atoms with Crippen molar-refractivity contribution in [2.45, 2.75) is 34.1 Å². The van der Waals surface area contributed by atoms with Crippen LogP contribution in [0.25, 0.3) is 0 Å². The van der Waals surface area contributed by atoms with E-state index in [1.807, 2.05) is 4.90 Å². The molecule has 5 nitrogen and oxygen atoms in total. The number of aromatic nitrogens is 1. The lowest BCUT2D eigenvalue weighted by Crippen LogP contribution is -2.42. The summed E-state index contributed by atoms with van der Waals surface area (Å²) in [6.45, 7) is 9.46. The van der Waals surface area contributed by atoms with Crippen molar-refractivity contribution in [1.82, 2.24) is 9.88 Å². The highest BCUT2D eigenvalue weighted by molar-refractivity contribution is 6.00. The van der Waals surface area contributed by atoms with E-state index in [-0.39, 0.29) is 5.91 Å². The number of aromatic amines is 1. The third kappa shape index (κ3) is 2.96. The van der Waals surface area contributed by atoms with Gasteiger partial charge in [-0.1, -0.05) is 13.8 Å². The number of ether oxygens (including phenoxy) is 1. The van der Waals surface area contributed by atoms with E-state index >= 15 is 0 Å². The summed E-state index contributed by atoms with van der Waals surface area (Å²) in [4.78, 5) is 29.5. The Morgan fingerprint density at radius 3 is 2.29 bits per heavy atom. The van der Waals surface area contributed by atoms with Crippen LogP contribution in [0, 0.1) is 25.7 Å². The van der Waals surface area contributed by atoms with E-state index < -0.39 is 5.97 Å². The first-order valence-corrected chi connectivity index (χ1v) is 7.41. The van der Waals surface area contributed by atoms with Crippen LogP contribution in [-0.4, -0.2) is 42.0 Å². The fraction of sp³-hybridized carbons (Fsp3) is 0.625. The van der Waals surface area contributed by atoms with Crippen LogP contribution in [0.5, 0.6) is 0 Å². The van der Waals surface area contributed by atoms with Crippen LogP contribution >= 0.6 is 0 Å². The molecule has 2 rings (SSSR count). The molecule has 1 saturated heterocycles. The summed E-state index contributed by atoms with van der Waals surface area (Å²) < 4.78 is 4.79. The predicted molar refractivity (Wildman–Crippen MR) is 80.5 cm³/mol. The van der Waals surface area contributed by atoms with Gasteiger partial charge in [0, 0.05) is 18.8 Å². The summed E-state index contributed by atoms with van der Waals surface area (Å²) in [6.07, 6.45) is 1.15. The van der Waals surface area contributed by atoms with Gasteiger partial charge in [0.2, 0.25) is 0 Å². The number of carbonyl (C=O) groups excluding carboxylic acids is 2. The number of hydrogen-bond donors (Lipinski definition) is 1. The molecule has 0 saturated carbocycles. The predicted octanol–water partition coefficient (Wildman–Crippen LogP) is 2.54. The average molecular weight is 292 g/mol. The van der Waals surface area contributed by atoms with E-state index in [0.717, 1.165) is 19.5 Å². The molecule has 1 amide bonds. The number of carbonyl (C=O) groups is 2. The zero-order valence-corrected chi connectivity index (χ0v) is 13.4. The van der Waals surface area contributed by atoms with Crippen molar-refractivity contribution in [3.63, 3.8) is 0 Å². The third-order valence-corrected chi connectivity index (χ3v) is 4.20. The molecule has 1 aliphatic rings. The van der Waals surface area contributed by atoms with Gasteiger partial charge in [0.15, 0.2) is 0 Å². The molecule has 1 N–H and O–H groups in total. The molecule has 5 heteroatoms. The van der Waals surface area contributed by atoms with Crippen molar-refractivity contribution in [3.05, 3.63) is 22.5 Å². The normalized spacial score (nSPS) is 22.2. The van der Waals surface area contributed by atoms with Gasteiger partial charge in [-0.15, -0.1) is 0 Å². The number of methoxy groups -OCH3 is 1. The maximum Gasteiger partial charge on any atom is 0.339 e. The largest absolute Gasteiger partial charge is 0.465 e. The number of aryl methyl sites for hydroxylation is 1. The summed E-state index contributed by atoms with van der Waals surface area (Å²) in [6, 6.07) is 0. The highest BCUT2D eigenvalue weighted by Gasteiger charge is 2.30. The average Bonchev–Trinajstić information content (AvgIpc) is 2.71. The van der Waals surface area contributed by atoms with Crippen molar-refractivity contribution < 1.29 is 14.3 Å². The van der Waals surface area contributed by atoms with Gasteiger partial charge in [-0.05, 0) is 37.7 Å². The first-order chi connectivity index (χ1) is 9.85. The van der Waals surface area contributed by atoms with Gasteiger partial charge >= 0.3 is 5.97 Å². The first kappa shape index (κ1) is 15.6. The number of nitrogens with zero attached hydrogens (tertiary/aromatic N) is 1. The second-order valence-electron chi connectivity index (χ2n) is 6.27. The molecule has 1 aromatic rings. The van der Waals surface area contributed by atoms with Gasteiger partial charge < -0.3 is 14.6 Å². The number of likely N-dealkylation sites (tertiary alicyclic amines) is 1. The number of amides is 1. The molecule has 1 aliphatic heterocycles. The van der Waals surface area contributed by atoms with E-state index in [4.69, 9.17) is 4.74 Å². The fourth-order valence-corrected chi connectivity index (χ4v) is 3.36. The number of esters is 1. The van der Waals surface area contributed by atoms with Crippen molar-refractivity contribution in [1.29, 1.82) is 0 Å². The minimum absolute atomic E-state index is 0.0239. The quantitative estimate of drug-likeness (QED) is 0.852. The number of hydrogen-bond acceptors (Lipinski definition) is 3. The SMILES string of the molecule is COC(=O)c1c(C)[nH]c(C(=O)N2C[C@H](C)C[C@@H](C)C2)c1C. The maximum atomic E-state index is 12.7. The Balaban J connectivity index is 2.30. The molecular formula is C16H24N2O3. The van der Waals surface area contributed by atoms with E-state index in [2.05, 4.69) is 18.8 Å². The van der Waals surface area contributed by atoms with E-state index in [1.54, 1.807) is 13.8 Å². The Labute approximate surface area is 125 Å². The van der Waals surface area contributed by atoms with Crippen LogP contribution in [0.1, 0.15) is 52.4 Å². The van der Waals surface area contributed by atoms with Crippen LogP contribution in [0.2, 0.25) is 0 Å². The minimum Gasteiger partial charge on any atom is -0.465 e. The molecule has 0 aromatic carbocycles. The molecule has 0 unspecified atom stereocenters. The number of piperidine rings is 1. The van der Waals surface area contributed by atoms with Crippen molar-refractivity contribution in [3.8, 4) is 0 Å². The Hall–Kier alpha value is -1.78. The Bertz CT molecular complexity index is 552. The molecule has 0 radical (unpaired) electrons. The minimum atomic E-state index is -0.402. The zero-order valence-electron chi connectivity index (χ0n) is 13.4.